The molecule has 0 spiro atoms. The molecule has 1 aromatic heterocycles. The maximum atomic E-state index is 11.8. The maximum absolute atomic E-state index is 11.8. The molecule has 1 saturated heterocycles. The van der Waals surface area contributed by atoms with Crippen LogP contribution in [-0.2, 0) is 9.84 Å². The largest absolute Gasteiger partial charge is 0.351 e. The smallest absolute Gasteiger partial charge is 0.249 e. The van der Waals surface area contributed by atoms with Crippen molar-refractivity contribution < 1.29 is 8.42 Å². The number of sulfone groups is 1. The van der Waals surface area contributed by atoms with Gasteiger partial charge in [0, 0.05) is 18.3 Å². The Hall–Kier alpha value is -2.22. The fourth-order valence-corrected chi connectivity index (χ4v) is 4.93. The Bertz CT molecular complexity index is 852. The summed E-state index contributed by atoms with van der Waals surface area (Å²) in [7, 11) is -2.95. The van der Waals surface area contributed by atoms with Gasteiger partial charge in [-0.05, 0) is 37.0 Å². The lowest BCUT2D eigenvalue weighted by Gasteiger charge is -2.27. The molecule has 8 heteroatoms. The van der Waals surface area contributed by atoms with E-state index >= 15 is 0 Å². The van der Waals surface area contributed by atoms with Crippen molar-refractivity contribution in [2.45, 2.75) is 39.2 Å². The lowest BCUT2D eigenvalue weighted by Crippen LogP contribution is -2.37. The first kappa shape index (κ1) is 18.6. The third-order valence-corrected chi connectivity index (χ3v) is 6.41. The second kappa shape index (κ2) is 7.57. The van der Waals surface area contributed by atoms with E-state index in [-0.39, 0.29) is 17.5 Å². The van der Waals surface area contributed by atoms with E-state index < -0.39 is 9.84 Å². The number of anilines is 3. The van der Waals surface area contributed by atoms with Crippen LogP contribution in [0.4, 0.5) is 17.5 Å². The summed E-state index contributed by atoms with van der Waals surface area (Å²) in [6.45, 7) is 6.97. The SMILES string of the molecule is CCN(c1cnnc(Nc2ccc(C(C)C)cc2)n1)C1CCS(=O)(=O)C1. The molecule has 1 N–H and O–H groups in total. The Balaban J connectivity index is 1.76. The van der Waals surface area contributed by atoms with Crippen molar-refractivity contribution in [1.29, 1.82) is 0 Å². The van der Waals surface area contributed by atoms with Gasteiger partial charge in [0.15, 0.2) is 15.7 Å². The number of hydrogen-bond acceptors (Lipinski definition) is 7. The number of hydrogen-bond donors (Lipinski definition) is 1. The third-order valence-electron chi connectivity index (χ3n) is 4.66. The lowest BCUT2D eigenvalue weighted by molar-refractivity contribution is 0.599. The zero-order valence-corrected chi connectivity index (χ0v) is 16.2. The molecule has 0 saturated carbocycles. The Morgan fingerprint density at radius 2 is 2.00 bits per heavy atom. The minimum absolute atomic E-state index is 0.0557. The van der Waals surface area contributed by atoms with Crippen LogP contribution in [0.15, 0.2) is 30.5 Å². The number of nitrogens with one attached hydrogen (secondary N) is 1. The zero-order chi connectivity index (χ0) is 18.7. The first-order chi connectivity index (χ1) is 12.4. The van der Waals surface area contributed by atoms with E-state index in [0.717, 1.165) is 5.69 Å². The minimum Gasteiger partial charge on any atom is -0.351 e. The molecule has 3 rings (SSSR count). The molecule has 1 aromatic carbocycles. The van der Waals surface area contributed by atoms with Gasteiger partial charge in [-0.1, -0.05) is 26.0 Å². The molecule has 1 fully saturated rings. The van der Waals surface area contributed by atoms with Crippen LogP contribution in [0.1, 0.15) is 38.7 Å². The first-order valence-electron chi connectivity index (χ1n) is 8.91. The van der Waals surface area contributed by atoms with E-state index in [4.69, 9.17) is 0 Å². The van der Waals surface area contributed by atoms with Crippen molar-refractivity contribution in [3.8, 4) is 0 Å². The normalized spacial score (nSPS) is 18.8. The molecule has 7 nitrogen and oxygen atoms in total. The van der Waals surface area contributed by atoms with E-state index in [0.29, 0.717) is 30.6 Å². The summed E-state index contributed by atoms with van der Waals surface area (Å²) in [4.78, 5) is 6.53. The average molecular weight is 375 g/mol. The summed E-state index contributed by atoms with van der Waals surface area (Å²) in [5.74, 6) is 1.93. The van der Waals surface area contributed by atoms with Crippen LogP contribution in [-0.4, -0.2) is 47.7 Å². The van der Waals surface area contributed by atoms with Crippen molar-refractivity contribution in [3.63, 3.8) is 0 Å². The fourth-order valence-electron chi connectivity index (χ4n) is 3.20. The number of rotatable bonds is 6. The van der Waals surface area contributed by atoms with Gasteiger partial charge in [-0.15, -0.1) is 5.10 Å². The molecule has 1 aliphatic rings. The van der Waals surface area contributed by atoms with Crippen molar-refractivity contribution >= 4 is 27.3 Å². The van der Waals surface area contributed by atoms with Crippen LogP contribution in [0.3, 0.4) is 0 Å². The lowest BCUT2D eigenvalue weighted by atomic mass is 10.0. The molecule has 0 aliphatic carbocycles. The summed E-state index contributed by atoms with van der Waals surface area (Å²) in [5, 5.41) is 11.3. The van der Waals surface area contributed by atoms with Crippen LogP contribution in [0.25, 0.3) is 0 Å². The molecule has 0 radical (unpaired) electrons. The van der Waals surface area contributed by atoms with E-state index in [2.05, 4.69) is 46.5 Å². The molecule has 2 heterocycles. The van der Waals surface area contributed by atoms with Gasteiger partial charge in [0.25, 0.3) is 0 Å². The maximum Gasteiger partial charge on any atom is 0.249 e. The van der Waals surface area contributed by atoms with Crippen LogP contribution < -0.4 is 10.2 Å². The molecule has 2 aromatic rings. The Morgan fingerprint density at radius 1 is 1.27 bits per heavy atom. The summed E-state index contributed by atoms with van der Waals surface area (Å²) in [5.41, 5.74) is 2.16. The molecule has 1 aliphatic heterocycles. The number of benzene rings is 1. The van der Waals surface area contributed by atoms with E-state index in [1.807, 2.05) is 24.0 Å². The second-order valence-corrected chi connectivity index (χ2v) is 9.11. The predicted molar refractivity (Wildman–Crippen MR) is 104 cm³/mol. The van der Waals surface area contributed by atoms with Gasteiger partial charge in [0.2, 0.25) is 5.95 Å². The fraction of sp³-hybridized carbons (Fsp3) is 0.500. The summed E-state index contributed by atoms with van der Waals surface area (Å²) < 4.78 is 23.6. The van der Waals surface area contributed by atoms with Crippen LogP contribution in [0.5, 0.6) is 0 Å². The van der Waals surface area contributed by atoms with E-state index in [1.165, 1.54) is 5.56 Å². The monoisotopic (exact) mass is 375 g/mol. The van der Waals surface area contributed by atoms with Crippen LogP contribution in [0, 0.1) is 0 Å². The second-order valence-electron chi connectivity index (χ2n) is 6.88. The Labute approximate surface area is 154 Å². The summed E-state index contributed by atoms with van der Waals surface area (Å²) in [6.07, 6.45) is 2.21. The summed E-state index contributed by atoms with van der Waals surface area (Å²) in [6, 6.07) is 8.08. The van der Waals surface area contributed by atoms with Gasteiger partial charge in [-0.2, -0.15) is 10.1 Å². The van der Waals surface area contributed by atoms with Crippen molar-refractivity contribution in [3.05, 3.63) is 36.0 Å². The van der Waals surface area contributed by atoms with Crippen molar-refractivity contribution in [2.24, 2.45) is 0 Å². The van der Waals surface area contributed by atoms with Gasteiger partial charge in [0.1, 0.15) is 0 Å². The van der Waals surface area contributed by atoms with Crippen molar-refractivity contribution in [2.75, 3.05) is 28.3 Å². The van der Waals surface area contributed by atoms with Crippen LogP contribution >= 0.6 is 0 Å². The summed E-state index contributed by atoms with van der Waals surface area (Å²) >= 11 is 0. The van der Waals surface area contributed by atoms with E-state index in [9.17, 15) is 8.42 Å². The molecule has 0 bridgehead atoms. The molecular weight excluding hydrogens is 350 g/mol. The molecule has 1 unspecified atom stereocenters. The Morgan fingerprint density at radius 3 is 2.58 bits per heavy atom. The van der Waals surface area contributed by atoms with Gasteiger partial charge < -0.3 is 10.2 Å². The highest BCUT2D eigenvalue weighted by Gasteiger charge is 2.32. The molecule has 0 amide bonds. The molecular formula is C18H25N5O2S. The number of aromatic nitrogens is 3. The topological polar surface area (TPSA) is 88.1 Å². The van der Waals surface area contributed by atoms with Crippen LogP contribution in [0.2, 0.25) is 0 Å². The highest BCUT2D eigenvalue weighted by molar-refractivity contribution is 7.91. The molecule has 140 valence electrons. The van der Waals surface area contributed by atoms with Gasteiger partial charge >= 0.3 is 0 Å². The molecule has 1 atom stereocenters. The Kier molecular flexibility index (Phi) is 5.41. The quantitative estimate of drug-likeness (QED) is 0.830. The predicted octanol–water partition coefficient (Wildman–Crippen LogP) is 2.75. The highest BCUT2D eigenvalue weighted by atomic mass is 32.2. The van der Waals surface area contributed by atoms with E-state index in [1.54, 1.807) is 6.20 Å². The standard InChI is InChI=1S/C18H25N5O2S/c1-4-23(16-9-10-26(24,25)12-16)17-11-19-22-18(21-17)20-15-7-5-14(6-8-15)13(2)3/h5-8,11,13,16H,4,9-10,12H2,1-3H3,(H,20,21,22). The van der Waals surface area contributed by atoms with Gasteiger partial charge in [0.05, 0.1) is 17.7 Å². The first-order valence-corrected chi connectivity index (χ1v) is 10.7. The van der Waals surface area contributed by atoms with Crippen molar-refractivity contribution in [1.82, 2.24) is 15.2 Å². The minimum atomic E-state index is -2.95. The zero-order valence-electron chi connectivity index (χ0n) is 15.4. The highest BCUT2D eigenvalue weighted by Crippen LogP contribution is 2.24. The number of nitrogens with zero attached hydrogens (tertiary/aromatic N) is 4. The molecule has 26 heavy (non-hydrogen) atoms. The third kappa shape index (κ3) is 4.30. The average Bonchev–Trinajstić information content (AvgIpc) is 2.96. The van der Waals surface area contributed by atoms with Gasteiger partial charge in [-0.25, -0.2) is 8.42 Å². The van der Waals surface area contributed by atoms with Gasteiger partial charge in [-0.3, -0.25) is 0 Å².